The zero-order valence-electron chi connectivity index (χ0n) is 16.6. The lowest BCUT2D eigenvalue weighted by molar-refractivity contribution is -0.137. The van der Waals surface area contributed by atoms with Crippen molar-refractivity contribution in [2.24, 2.45) is 11.8 Å². The minimum absolute atomic E-state index is 0.181. The van der Waals surface area contributed by atoms with Gasteiger partial charge in [-0.05, 0) is 56.9 Å². The molecule has 26 heavy (non-hydrogen) atoms. The van der Waals surface area contributed by atoms with Gasteiger partial charge in [0, 0.05) is 38.2 Å². The van der Waals surface area contributed by atoms with Gasteiger partial charge in [-0.2, -0.15) is 5.10 Å². The molecule has 1 saturated heterocycles. The molecule has 1 fully saturated rings. The van der Waals surface area contributed by atoms with E-state index in [0.717, 1.165) is 38.0 Å². The lowest BCUT2D eigenvalue weighted by atomic mass is 9.93. The smallest absolute Gasteiger partial charge is 0.303 e. The summed E-state index contributed by atoms with van der Waals surface area (Å²) in [5.41, 5.74) is 3.38. The van der Waals surface area contributed by atoms with E-state index >= 15 is 0 Å². The largest absolute Gasteiger partial charge is 0.481 e. The van der Waals surface area contributed by atoms with E-state index in [4.69, 9.17) is 5.11 Å². The summed E-state index contributed by atoms with van der Waals surface area (Å²) in [6.45, 7) is 10.9. The minimum Gasteiger partial charge on any atom is -0.481 e. The fourth-order valence-electron chi connectivity index (χ4n) is 3.86. The Labute approximate surface area is 156 Å². The van der Waals surface area contributed by atoms with Crippen LogP contribution in [-0.2, 0) is 22.6 Å². The summed E-state index contributed by atoms with van der Waals surface area (Å²) in [7, 11) is 0. The summed E-state index contributed by atoms with van der Waals surface area (Å²) in [6.07, 6.45) is 4.09. The van der Waals surface area contributed by atoms with Gasteiger partial charge in [0.2, 0.25) is 5.91 Å². The van der Waals surface area contributed by atoms with Crippen LogP contribution in [0.1, 0.15) is 62.9 Å². The Hall–Kier alpha value is -1.85. The van der Waals surface area contributed by atoms with Gasteiger partial charge >= 0.3 is 5.97 Å². The SMILES string of the molecule is Cc1nn(CC(C)C)c(C)c1CCC(=O)N1CCCC(CCC(=O)O)C1. The molecule has 0 bridgehead atoms. The number of likely N-dealkylation sites (tertiary alicyclic amines) is 1. The number of hydrogen-bond acceptors (Lipinski definition) is 3. The quantitative estimate of drug-likeness (QED) is 0.769. The molecule has 2 heterocycles. The molecule has 0 radical (unpaired) electrons. The first-order valence-corrected chi connectivity index (χ1v) is 9.80. The van der Waals surface area contributed by atoms with Crippen LogP contribution in [0, 0.1) is 25.7 Å². The standard InChI is InChI=1S/C20H33N3O3/c1-14(2)12-23-16(4)18(15(3)21-23)8-9-19(24)22-11-5-6-17(13-22)7-10-20(25)26/h14,17H,5-13H2,1-4H3,(H,25,26). The molecule has 1 atom stereocenters. The normalized spacial score (nSPS) is 17.7. The van der Waals surface area contributed by atoms with E-state index in [1.54, 1.807) is 0 Å². The van der Waals surface area contributed by atoms with E-state index in [1.165, 1.54) is 11.3 Å². The summed E-state index contributed by atoms with van der Waals surface area (Å²) in [4.78, 5) is 25.3. The van der Waals surface area contributed by atoms with Gasteiger partial charge in [-0.1, -0.05) is 13.8 Å². The van der Waals surface area contributed by atoms with Gasteiger partial charge in [0.25, 0.3) is 0 Å². The van der Waals surface area contributed by atoms with Gasteiger partial charge in [-0.25, -0.2) is 0 Å². The van der Waals surface area contributed by atoms with Crippen molar-refractivity contribution in [3.05, 3.63) is 17.0 Å². The topological polar surface area (TPSA) is 75.4 Å². The van der Waals surface area contributed by atoms with Crippen molar-refractivity contribution in [3.8, 4) is 0 Å². The van der Waals surface area contributed by atoms with Crippen LogP contribution < -0.4 is 0 Å². The van der Waals surface area contributed by atoms with Gasteiger partial charge in [0.05, 0.1) is 5.69 Å². The second-order valence-corrected chi connectivity index (χ2v) is 8.01. The van der Waals surface area contributed by atoms with Crippen molar-refractivity contribution >= 4 is 11.9 Å². The third-order valence-electron chi connectivity index (χ3n) is 5.30. The van der Waals surface area contributed by atoms with Crippen LogP contribution in [0.2, 0.25) is 0 Å². The summed E-state index contributed by atoms with van der Waals surface area (Å²) >= 11 is 0. The number of aliphatic carboxylic acids is 1. The summed E-state index contributed by atoms with van der Waals surface area (Å²) in [5, 5.41) is 13.5. The van der Waals surface area contributed by atoms with Crippen molar-refractivity contribution in [1.82, 2.24) is 14.7 Å². The van der Waals surface area contributed by atoms with Crippen LogP contribution in [0.5, 0.6) is 0 Å². The number of piperidine rings is 1. The van der Waals surface area contributed by atoms with Crippen molar-refractivity contribution in [3.63, 3.8) is 0 Å². The first kappa shape index (κ1) is 20.5. The van der Waals surface area contributed by atoms with Gasteiger partial charge in [0.15, 0.2) is 0 Å². The molecule has 0 saturated carbocycles. The van der Waals surface area contributed by atoms with Crippen LogP contribution in [0.25, 0.3) is 0 Å². The van der Waals surface area contributed by atoms with E-state index < -0.39 is 5.97 Å². The van der Waals surface area contributed by atoms with E-state index in [2.05, 4.69) is 30.6 Å². The third kappa shape index (κ3) is 5.58. The molecule has 1 amide bonds. The monoisotopic (exact) mass is 363 g/mol. The second kappa shape index (κ2) is 9.19. The molecule has 1 aliphatic rings. The fraction of sp³-hybridized carbons (Fsp3) is 0.750. The van der Waals surface area contributed by atoms with E-state index in [0.29, 0.717) is 31.2 Å². The summed E-state index contributed by atoms with van der Waals surface area (Å²) < 4.78 is 2.06. The molecular weight excluding hydrogens is 330 g/mol. The number of carbonyl (C=O) groups excluding carboxylic acids is 1. The van der Waals surface area contributed by atoms with E-state index in [1.807, 2.05) is 11.8 Å². The number of carboxylic acid groups (broad SMARTS) is 1. The van der Waals surface area contributed by atoms with Crippen molar-refractivity contribution < 1.29 is 14.7 Å². The number of nitrogens with zero attached hydrogens (tertiary/aromatic N) is 3. The first-order chi connectivity index (χ1) is 12.3. The van der Waals surface area contributed by atoms with Gasteiger partial charge < -0.3 is 10.0 Å². The van der Waals surface area contributed by atoms with E-state index in [9.17, 15) is 9.59 Å². The average Bonchev–Trinajstić information content (AvgIpc) is 2.84. The zero-order valence-corrected chi connectivity index (χ0v) is 16.6. The molecule has 6 nitrogen and oxygen atoms in total. The Morgan fingerprint density at radius 1 is 1.27 bits per heavy atom. The molecule has 0 spiro atoms. The predicted octanol–water partition coefficient (Wildman–Crippen LogP) is 3.19. The van der Waals surface area contributed by atoms with E-state index in [-0.39, 0.29) is 12.3 Å². The van der Waals surface area contributed by atoms with Crippen molar-refractivity contribution in [2.45, 2.75) is 72.8 Å². The highest BCUT2D eigenvalue weighted by molar-refractivity contribution is 5.76. The molecule has 6 heteroatoms. The number of carbonyl (C=O) groups is 2. The average molecular weight is 364 g/mol. The maximum absolute atomic E-state index is 12.6. The molecule has 146 valence electrons. The maximum atomic E-state index is 12.6. The molecule has 1 aromatic rings. The Bertz CT molecular complexity index is 636. The number of aromatic nitrogens is 2. The highest BCUT2D eigenvalue weighted by Crippen LogP contribution is 2.23. The fourth-order valence-corrected chi connectivity index (χ4v) is 3.86. The van der Waals surface area contributed by atoms with Crippen LogP contribution in [0.3, 0.4) is 0 Å². The highest BCUT2D eigenvalue weighted by atomic mass is 16.4. The Morgan fingerprint density at radius 2 is 2.00 bits per heavy atom. The molecule has 1 N–H and O–H groups in total. The predicted molar refractivity (Wildman–Crippen MR) is 101 cm³/mol. The molecular formula is C20H33N3O3. The Kier molecular flexibility index (Phi) is 7.23. The molecule has 0 aliphatic carbocycles. The number of amides is 1. The first-order valence-electron chi connectivity index (χ1n) is 9.80. The number of hydrogen-bond donors (Lipinski definition) is 1. The molecule has 2 rings (SSSR count). The van der Waals surface area contributed by atoms with Crippen molar-refractivity contribution in [2.75, 3.05) is 13.1 Å². The molecule has 1 aliphatic heterocycles. The van der Waals surface area contributed by atoms with Crippen LogP contribution >= 0.6 is 0 Å². The lowest BCUT2D eigenvalue weighted by Crippen LogP contribution is -2.40. The number of rotatable bonds is 8. The highest BCUT2D eigenvalue weighted by Gasteiger charge is 2.24. The zero-order chi connectivity index (χ0) is 19.3. The van der Waals surface area contributed by atoms with Gasteiger partial charge in [-0.3, -0.25) is 14.3 Å². The minimum atomic E-state index is -0.752. The van der Waals surface area contributed by atoms with Crippen LogP contribution in [0.4, 0.5) is 0 Å². The van der Waals surface area contributed by atoms with Gasteiger partial charge in [0.1, 0.15) is 0 Å². The van der Waals surface area contributed by atoms with Crippen molar-refractivity contribution in [1.29, 1.82) is 0 Å². The maximum Gasteiger partial charge on any atom is 0.303 e. The van der Waals surface area contributed by atoms with Crippen LogP contribution in [0.15, 0.2) is 0 Å². The third-order valence-corrected chi connectivity index (χ3v) is 5.30. The lowest BCUT2D eigenvalue weighted by Gasteiger charge is -2.32. The second-order valence-electron chi connectivity index (χ2n) is 8.01. The van der Waals surface area contributed by atoms with Crippen LogP contribution in [-0.4, -0.2) is 44.8 Å². The molecule has 1 unspecified atom stereocenters. The molecule has 1 aromatic heterocycles. The summed E-state index contributed by atoms with van der Waals surface area (Å²) in [6, 6.07) is 0. The summed E-state index contributed by atoms with van der Waals surface area (Å²) in [5.74, 6) is 0.290. The van der Waals surface area contributed by atoms with Gasteiger partial charge in [-0.15, -0.1) is 0 Å². The Balaban J connectivity index is 1.90. The Morgan fingerprint density at radius 3 is 2.65 bits per heavy atom. The molecule has 0 aromatic carbocycles. The number of carboxylic acids is 1. The number of aryl methyl sites for hydroxylation is 1.